The number of amides is 1. The van der Waals surface area contributed by atoms with E-state index in [1.165, 1.54) is 0 Å². The third-order valence-corrected chi connectivity index (χ3v) is 7.01. The lowest BCUT2D eigenvalue weighted by atomic mass is 10.0. The minimum absolute atomic E-state index is 0.0206. The first-order chi connectivity index (χ1) is 18.0. The van der Waals surface area contributed by atoms with Crippen LogP contribution in [-0.4, -0.2) is 43.4 Å². The van der Waals surface area contributed by atoms with E-state index in [0.29, 0.717) is 47.4 Å². The van der Waals surface area contributed by atoms with Gasteiger partial charge in [0.05, 0.1) is 28.5 Å². The number of aryl methyl sites for hydroxylation is 1. The quantitative estimate of drug-likeness (QED) is 0.284. The van der Waals surface area contributed by atoms with Gasteiger partial charge in [-0.05, 0) is 80.1 Å². The van der Waals surface area contributed by atoms with Crippen molar-refractivity contribution in [2.24, 2.45) is 0 Å². The fourth-order valence-electron chi connectivity index (χ4n) is 4.91. The van der Waals surface area contributed by atoms with Gasteiger partial charge in [0.25, 0.3) is 5.91 Å². The maximum Gasteiger partial charge on any atom is 0.303 e. The minimum atomic E-state index is -0.808. The number of carboxylic acids is 1. The molecular formula is C29H27ClN4O3. The van der Waals surface area contributed by atoms with Crippen LogP contribution in [0.15, 0.2) is 67.0 Å². The van der Waals surface area contributed by atoms with Crippen molar-refractivity contribution >= 4 is 34.5 Å². The Hall–Kier alpha value is -3.84. The van der Waals surface area contributed by atoms with E-state index in [4.69, 9.17) is 26.7 Å². The summed E-state index contributed by atoms with van der Waals surface area (Å²) in [6.07, 6.45) is 7.33. The summed E-state index contributed by atoms with van der Waals surface area (Å²) in [6, 6.07) is 16.9. The van der Waals surface area contributed by atoms with Crippen LogP contribution in [0.1, 0.15) is 59.8 Å². The number of likely N-dealkylation sites (tertiary alicyclic amines) is 1. The van der Waals surface area contributed by atoms with Gasteiger partial charge >= 0.3 is 5.97 Å². The van der Waals surface area contributed by atoms with E-state index in [-0.39, 0.29) is 18.4 Å². The molecular weight excluding hydrogens is 488 g/mol. The van der Waals surface area contributed by atoms with E-state index in [1.807, 2.05) is 59.5 Å². The van der Waals surface area contributed by atoms with Crippen LogP contribution in [0.25, 0.3) is 22.3 Å². The number of nitrogens with zero attached hydrogens (tertiary/aromatic N) is 4. The molecule has 1 N–H and O–H groups in total. The van der Waals surface area contributed by atoms with Crippen LogP contribution < -0.4 is 0 Å². The monoisotopic (exact) mass is 514 g/mol. The molecule has 0 radical (unpaired) electrons. The Morgan fingerprint density at radius 1 is 0.973 bits per heavy atom. The number of carbonyl (C=O) groups is 2. The number of unbranched alkanes of at least 4 members (excludes halogenated alkanes) is 1. The lowest BCUT2D eigenvalue weighted by molar-refractivity contribution is -0.137. The minimum Gasteiger partial charge on any atom is -0.481 e. The van der Waals surface area contributed by atoms with Crippen LogP contribution in [0.4, 0.5) is 0 Å². The summed E-state index contributed by atoms with van der Waals surface area (Å²) in [4.78, 5) is 40.3. The number of carboxylic acid groups (broad SMARTS) is 1. The smallest absolute Gasteiger partial charge is 0.303 e. The average molecular weight is 515 g/mol. The molecule has 7 nitrogen and oxygen atoms in total. The fraction of sp³-hybridized carbons (Fsp3) is 0.276. The van der Waals surface area contributed by atoms with Crippen LogP contribution in [0, 0.1) is 0 Å². The van der Waals surface area contributed by atoms with Gasteiger partial charge in [-0.1, -0.05) is 23.7 Å². The lowest BCUT2D eigenvalue weighted by Crippen LogP contribution is -2.30. The highest BCUT2D eigenvalue weighted by Gasteiger charge is 2.30. The van der Waals surface area contributed by atoms with Gasteiger partial charge in [-0.2, -0.15) is 0 Å². The summed E-state index contributed by atoms with van der Waals surface area (Å²) in [7, 11) is 0. The van der Waals surface area contributed by atoms with E-state index >= 15 is 0 Å². The van der Waals surface area contributed by atoms with Crippen LogP contribution in [0.3, 0.4) is 0 Å². The molecule has 1 unspecified atom stereocenters. The summed E-state index contributed by atoms with van der Waals surface area (Å²) in [5.41, 5.74) is 5.44. The molecule has 1 fully saturated rings. The van der Waals surface area contributed by atoms with Gasteiger partial charge in [0.1, 0.15) is 0 Å². The second-order valence-electron chi connectivity index (χ2n) is 9.27. The summed E-state index contributed by atoms with van der Waals surface area (Å²) >= 11 is 6.09. The zero-order chi connectivity index (χ0) is 25.8. The molecule has 1 amide bonds. The first-order valence-electron chi connectivity index (χ1n) is 12.5. The molecule has 1 aliphatic heterocycles. The van der Waals surface area contributed by atoms with E-state index in [0.717, 1.165) is 35.4 Å². The third-order valence-electron chi connectivity index (χ3n) is 6.76. The van der Waals surface area contributed by atoms with Crippen molar-refractivity contribution in [3.63, 3.8) is 0 Å². The maximum atomic E-state index is 13.5. The lowest BCUT2D eigenvalue weighted by Gasteiger charge is -2.25. The summed E-state index contributed by atoms with van der Waals surface area (Å²) in [5, 5.41) is 9.63. The van der Waals surface area contributed by atoms with E-state index in [2.05, 4.69) is 4.98 Å². The molecule has 0 saturated carbocycles. The molecule has 37 heavy (non-hydrogen) atoms. The molecule has 1 saturated heterocycles. The number of aromatic nitrogens is 3. The topological polar surface area (TPSA) is 96.3 Å². The van der Waals surface area contributed by atoms with Gasteiger partial charge in [-0.15, -0.1) is 0 Å². The third kappa shape index (κ3) is 5.62. The Morgan fingerprint density at radius 3 is 2.51 bits per heavy atom. The largest absolute Gasteiger partial charge is 0.481 e. The number of hydrogen-bond donors (Lipinski definition) is 1. The molecule has 1 aliphatic rings. The molecule has 3 heterocycles. The van der Waals surface area contributed by atoms with Gasteiger partial charge in [0, 0.05) is 41.5 Å². The Kier molecular flexibility index (Phi) is 7.42. The molecule has 8 heteroatoms. The van der Waals surface area contributed by atoms with E-state index in [1.54, 1.807) is 12.4 Å². The molecule has 5 rings (SSSR count). The molecule has 1 atom stereocenters. The van der Waals surface area contributed by atoms with Gasteiger partial charge in [0.15, 0.2) is 0 Å². The highest BCUT2D eigenvalue weighted by atomic mass is 35.5. The van der Waals surface area contributed by atoms with Crippen LogP contribution in [0.5, 0.6) is 0 Å². The van der Waals surface area contributed by atoms with E-state index in [9.17, 15) is 9.59 Å². The number of aliphatic carboxylic acids is 1. The Labute approximate surface area is 220 Å². The van der Waals surface area contributed by atoms with Gasteiger partial charge in [0.2, 0.25) is 0 Å². The number of carbonyl (C=O) groups excluding carboxylic acids is 1. The Bertz CT molecular complexity index is 1430. The number of halogens is 1. The van der Waals surface area contributed by atoms with Gasteiger partial charge in [-0.3, -0.25) is 14.6 Å². The average Bonchev–Trinajstić information content (AvgIpc) is 3.41. The molecule has 0 spiro atoms. The fourth-order valence-corrected chi connectivity index (χ4v) is 5.04. The van der Waals surface area contributed by atoms with Crippen LogP contribution >= 0.6 is 11.6 Å². The summed E-state index contributed by atoms with van der Waals surface area (Å²) in [5.74, 6) is -0.828. The molecule has 0 aliphatic carbocycles. The molecule has 188 valence electrons. The second-order valence-corrected chi connectivity index (χ2v) is 9.70. The predicted octanol–water partition coefficient (Wildman–Crippen LogP) is 6.12. The second kappa shape index (κ2) is 11.0. The first kappa shape index (κ1) is 24.8. The predicted molar refractivity (Wildman–Crippen MR) is 142 cm³/mol. The van der Waals surface area contributed by atoms with Crippen molar-refractivity contribution in [1.82, 2.24) is 19.9 Å². The first-order valence-corrected chi connectivity index (χ1v) is 12.9. The zero-order valence-electron chi connectivity index (χ0n) is 20.3. The van der Waals surface area contributed by atoms with Crippen LogP contribution in [-0.2, 0) is 11.2 Å². The van der Waals surface area contributed by atoms with Gasteiger partial charge < -0.3 is 10.0 Å². The number of benzene rings is 2. The SMILES string of the molecule is O=C(O)CCCCc1nc2cc(C(=O)N3CCCC3c3ccncc3)ccc2nc1-c1ccc(Cl)cc1. The van der Waals surface area contributed by atoms with Crippen molar-refractivity contribution in [2.75, 3.05) is 6.54 Å². The van der Waals surface area contributed by atoms with Crippen molar-refractivity contribution < 1.29 is 14.7 Å². The maximum absolute atomic E-state index is 13.5. The number of rotatable bonds is 8. The van der Waals surface area contributed by atoms with Gasteiger partial charge in [-0.25, -0.2) is 9.97 Å². The molecule has 2 aromatic heterocycles. The Morgan fingerprint density at radius 2 is 1.76 bits per heavy atom. The van der Waals surface area contributed by atoms with Crippen molar-refractivity contribution in [1.29, 1.82) is 0 Å². The van der Waals surface area contributed by atoms with Crippen LogP contribution in [0.2, 0.25) is 5.02 Å². The van der Waals surface area contributed by atoms with Crippen molar-refractivity contribution in [3.05, 3.63) is 88.8 Å². The number of pyridine rings is 1. The highest BCUT2D eigenvalue weighted by Crippen LogP contribution is 2.33. The Balaban J connectivity index is 1.47. The number of hydrogen-bond acceptors (Lipinski definition) is 5. The molecule has 2 aromatic carbocycles. The standard InChI is InChI=1S/C29H27ClN4O3/c30-22-10-7-20(8-11-22)28-24(4-1-2-6-27(35)36)32-25-18-21(9-12-23(25)33-28)29(37)34-17-3-5-26(34)19-13-15-31-16-14-19/h7-16,18,26H,1-6,17H2,(H,35,36). The molecule has 4 aromatic rings. The normalized spacial score (nSPS) is 15.3. The van der Waals surface area contributed by atoms with E-state index < -0.39 is 5.97 Å². The van der Waals surface area contributed by atoms with Crippen molar-refractivity contribution in [3.8, 4) is 11.3 Å². The number of fused-ring (bicyclic) bond motifs is 1. The zero-order valence-corrected chi connectivity index (χ0v) is 21.1. The molecule has 0 bridgehead atoms. The summed E-state index contributed by atoms with van der Waals surface area (Å²) < 4.78 is 0. The van der Waals surface area contributed by atoms with Crippen molar-refractivity contribution in [2.45, 2.75) is 44.6 Å². The highest BCUT2D eigenvalue weighted by molar-refractivity contribution is 6.30. The summed E-state index contributed by atoms with van der Waals surface area (Å²) in [6.45, 7) is 0.708.